The molecule has 0 bridgehead atoms. The minimum absolute atomic E-state index is 0. The molecule has 0 aliphatic heterocycles. The van der Waals surface area contributed by atoms with Crippen LogP contribution < -0.4 is 15.8 Å². The van der Waals surface area contributed by atoms with Crippen LogP contribution in [-0.2, 0) is 6.42 Å². The third kappa shape index (κ3) is 5.11. The van der Waals surface area contributed by atoms with Crippen LogP contribution in [0.5, 0.6) is 5.75 Å². The molecule has 138 valence electrons. The third-order valence-electron chi connectivity index (χ3n) is 3.33. The molecule has 0 amide bonds. The van der Waals surface area contributed by atoms with E-state index >= 15 is 0 Å². The average molecular weight is 489 g/mol. The fourth-order valence-corrected chi connectivity index (χ4v) is 2.39. The first kappa shape index (κ1) is 20.0. The molecule has 0 saturated heterocycles. The predicted molar refractivity (Wildman–Crippen MR) is 111 cm³/mol. The van der Waals surface area contributed by atoms with Gasteiger partial charge in [0.2, 0.25) is 5.82 Å². The molecule has 2 aromatic heterocycles. The van der Waals surface area contributed by atoms with Crippen molar-refractivity contribution >= 4 is 47.2 Å². The molecule has 3 aromatic rings. The van der Waals surface area contributed by atoms with Gasteiger partial charge in [-0.05, 0) is 30.3 Å². The van der Waals surface area contributed by atoms with E-state index in [1.54, 1.807) is 43.7 Å². The van der Waals surface area contributed by atoms with Crippen LogP contribution in [0.1, 0.15) is 5.82 Å². The molecule has 0 spiro atoms. The largest absolute Gasteiger partial charge is 0.495 e. The number of halogens is 2. The molecule has 0 saturated carbocycles. The molecule has 3 rings (SSSR count). The molecule has 0 atom stereocenters. The second kappa shape index (κ2) is 9.43. The van der Waals surface area contributed by atoms with E-state index in [0.717, 1.165) is 5.69 Å². The Hall–Kier alpha value is -2.27. The summed E-state index contributed by atoms with van der Waals surface area (Å²) in [5.41, 5.74) is 6.60. The molecule has 0 fully saturated rings. The summed E-state index contributed by atoms with van der Waals surface area (Å²) < 4.78 is 10.3. The predicted octanol–water partition coefficient (Wildman–Crippen LogP) is 3.31. The Morgan fingerprint density at radius 1 is 1.42 bits per heavy atom. The molecular formula is C16H18ClIN6O2. The average Bonchev–Trinajstić information content (AvgIpc) is 3.26. The van der Waals surface area contributed by atoms with Crippen molar-refractivity contribution < 1.29 is 9.15 Å². The van der Waals surface area contributed by atoms with Crippen LogP contribution in [0, 0.1) is 0 Å². The van der Waals surface area contributed by atoms with Crippen LogP contribution in [0.4, 0.5) is 5.69 Å². The van der Waals surface area contributed by atoms with Gasteiger partial charge in [-0.2, -0.15) is 5.10 Å². The minimum atomic E-state index is 0. The summed E-state index contributed by atoms with van der Waals surface area (Å²) >= 11 is 6.07. The lowest BCUT2D eigenvalue weighted by Crippen LogP contribution is -2.23. The smallest absolute Gasteiger partial charge is 0.216 e. The van der Waals surface area contributed by atoms with E-state index < -0.39 is 0 Å². The molecule has 26 heavy (non-hydrogen) atoms. The van der Waals surface area contributed by atoms with Crippen LogP contribution in [0.2, 0.25) is 5.02 Å². The molecule has 0 radical (unpaired) electrons. The van der Waals surface area contributed by atoms with Crippen molar-refractivity contribution in [2.45, 2.75) is 6.42 Å². The maximum Gasteiger partial charge on any atom is 0.216 e. The summed E-state index contributed by atoms with van der Waals surface area (Å²) in [4.78, 5) is 8.60. The zero-order valence-corrected chi connectivity index (χ0v) is 17.0. The summed E-state index contributed by atoms with van der Waals surface area (Å²) in [5, 5.41) is 10.4. The molecule has 8 nitrogen and oxygen atoms in total. The highest BCUT2D eigenvalue weighted by Gasteiger charge is 2.08. The number of guanidine groups is 1. The van der Waals surface area contributed by atoms with Crippen LogP contribution in [-0.4, -0.2) is 34.8 Å². The molecule has 2 heterocycles. The van der Waals surface area contributed by atoms with Crippen molar-refractivity contribution in [3.8, 4) is 17.3 Å². The van der Waals surface area contributed by atoms with Gasteiger partial charge in [-0.1, -0.05) is 11.6 Å². The normalized spacial score (nSPS) is 11.1. The van der Waals surface area contributed by atoms with Gasteiger partial charge >= 0.3 is 0 Å². The van der Waals surface area contributed by atoms with E-state index in [9.17, 15) is 0 Å². The Labute approximate surface area is 172 Å². The highest BCUT2D eigenvalue weighted by molar-refractivity contribution is 14.0. The number of nitrogens with one attached hydrogen (secondary N) is 2. The number of furan rings is 1. The molecule has 0 aliphatic rings. The summed E-state index contributed by atoms with van der Waals surface area (Å²) in [6.45, 7) is 0.454. The molecule has 0 unspecified atom stereocenters. The number of aromatic amines is 1. The molecule has 4 N–H and O–H groups in total. The standard InChI is InChI=1S/C16H17ClN6O2.HI/c1-24-12-5-4-10(9-11(12)17)20-16(18)19-7-6-14-21-15(23-22-14)13-3-2-8-25-13;/h2-5,8-9H,6-7H2,1H3,(H3,18,19,20)(H,21,22,23);1H. The maximum absolute atomic E-state index is 6.07. The van der Waals surface area contributed by atoms with E-state index in [4.69, 9.17) is 26.5 Å². The summed E-state index contributed by atoms with van der Waals surface area (Å²) in [7, 11) is 1.56. The fourth-order valence-electron chi connectivity index (χ4n) is 2.14. The molecular weight excluding hydrogens is 471 g/mol. The zero-order chi connectivity index (χ0) is 17.6. The number of ether oxygens (including phenoxy) is 1. The first-order chi connectivity index (χ1) is 12.2. The second-order valence-electron chi connectivity index (χ2n) is 5.07. The van der Waals surface area contributed by atoms with Gasteiger partial charge in [0, 0.05) is 18.7 Å². The van der Waals surface area contributed by atoms with Crippen molar-refractivity contribution in [2.75, 3.05) is 19.0 Å². The number of methoxy groups -OCH3 is 1. The van der Waals surface area contributed by atoms with Gasteiger partial charge in [0.25, 0.3) is 0 Å². The quantitative estimate of drug-likeness (QED) is 0.279. The first-order valence-corrected chi connectivity index (χ1v) is 7.89. The number of aromatic nitrogens is 3. The SMILES string of the molecule is COc1ccc(NC(N)=NCCc2nc(-c3ccco3)n[nH]2)cc1Cl.I. The Kier molecular flexibility index (Phi) is 7.27. The van der Waals surface area contributed by atoms with Gasteiger partial charge in [0.1, 0.15) is 11.6 Å². The maximum atomic E-state index is 6.07. The van der Waals surface area contributed by atoms with E-state index in [2.05, 4.69) is 25.5 Å². The minimum Gasteiger partial charge on any atom is -0.495 e. The lowest BCUT2D eigenvalue weighted by atomic mass is 10.3. The van der Waals surface area contributed by atoms with Gasteiger partial charge in [0.05, 0.1) is 18.4 Å². The monoisotopic (exact) mass is 488 g/mol. The number of nitrogens with zero attached hydrogens (tertiary/aromatic N) is 3. The van der Waals surface area contributed by atoms with Crippen molar-refractivity contribution in [2.24, 2.45) is 10.7 Å². The number of anilines is 1. The van der Waals surface area contributed by atoms with Gasteiger partial charge in [-0.25, -0.2) is 4.98 Å². The van der Waals surface area contributed by atoms with Gasteiger partial charge < -0.3 is 20.2 Å². The van der Waals surface area contributed by atoms with Gasteiger partial charge in [-0.15, -0.1) is 24.0 Å². The lowest BCUT2D eigenvalue weighted by molar-refractivity contribution is 0.415. The Morgan fingerprint density at radius 2 is 2.27 bits per heavy atom. The molecule has 10 heteroatoms. The van der Waals surface area contributed by atoms with E-state index in [0.29, 0.717) is 41.1 Å². The van der Waals surface area contributed by atoms with Crippen molar-refractivity contribution in [1.29, 1.82) is 0 Å². The van der Waals surface area contributed by atoms with Crippen LogP contribution in [0.15, 0.2) is 46.0 Å². The number of aliphatic imine (C=N–C) groups is 1. The Morgan fingerprint density at radius 3 is 2.96 bits per heavy atom. The lowest BCUT2D eigenvalue weighted by Gasteiger charge is -2.08. The van der Waals surface area contributed by atoms with Crippen LogP contribution in [0.25, 0.3) is 11.6 Å². The molecule has 0 aliphatic carbocycles. The number of nitrogens with two attached hydrogens (primary N) is 1. The zero-order valence-electron chi connectivity index (χ0n) is 13.9. The van der Waals surface area contributed by atoms with Crippen LogP contribution >= 0.6 is 35.6 Å². The van der Waals surface area contributed by atoms with Gasteiger partial charge in [0.15, 0.2) is 11.7 Å². The van der Waals surface area contributed by atoms with Gasteiger partial charge in [-0.3, -0.25) is 10.1 Å². The van der Waals surface area contributed by atoms with E-state index in [1.807, 2.05) is 0 Å². The Balaban J connectivity index is 0.00000243. The first-order valence-electron chi connectivity index (χ1n) is 7.51. The fraction of sp³-hybridized carbons (Fsp3) is 0.188. The highest BCUT2D eigenvalue weighted by Crippen LogP contribution is 2.27. The number of rotatable bonds is 6. The number of benzene rings is 1. The highest BCUT2D eigenvalue weighted by atomic mass is 127. The van der Waals surface area contributed by atoms with E-state index in [-0.39, 0.29) is 29.9 Å². The number of H-pyrrole nitrogens is 1. The number of hydrogen-bond donors (Lipinski definition) is 3. The third-order valence-corrected chi connectivity index (χ3v) is 3.62. The van der Waals surface area contributed by atoms with Crippen molar-refractivity contribution in [3.05, 3.63) is 47.4 Å². The Bertz CT molecular complexity index is 866. The van der Waals surface area contributed by atoms with Crippen molar-refractivity contribution in [1.82, 2.24) is 15.2 Å². The summed E-state index contributed by atoms with van der Waals surface area (Å²) in [6, 6.07) is 8.86. The number of hydrogen-bond acceptors (Lipinski definition) is 5. The molecule has 1 aromatic carbocycles. The summed E-state index contributed by atoms with van der Waals surface area (Å²) in [5.74, 6) is 2.72. The van der Waals surface area contributed by atoms with E-state index in [1.165, 1.54) is 0 Å². The van der Waals surface area contributed by atoms with Crippen LogP contribution in [0.3, 0.4) is 0 Å². The second-order valence-corrected chi connectivity index (χ2v) is 5.48. The summed E-state index contributed by atoms with van der Waals surface area (Å²) in [6.07, 6.45) is 2.15. The topological polar surface area (TPSA) is 114 Å². The van der Waals surface area contributed by atoms with Crippen molar-refractivity contribution in [3.63, 3.8) is 0 Å².